The molecule has 14 heteroatoms. The molecule has 1 aromatic heterocycles. The van der Waals surface area contributed by atoms with Crippen molar-refractivity contribution in [2.45, 2.75) is 62.9 Å². The third kappa shape index (κ3) is 5.71. The van der Waals surface area contributed by atoms with Crippen LogP contribution in [0.1, 0.15) is 32.9 Å². The van der Waals surface area contributed by atoms with Crippen LogP contribution in [0.2, 0.25) is 0 Å². The maximum atomic E-state index is 15.4. The first kappa shape index (κ1) is 26.1. The van der Waals surface area contributed by atoms with Gasteiger partial charge >= 0.3 is 19.8 Å². The summed E-state index contributed by atoms with van der Waals surface area (Å²) in [7, 11) is -2.86. The molecule has 4 rings (SSSR count). The van der Waals surface area contributed by atoms with Crippen LogP contribution in [0, 0.1) is 0 Å². The zero-order valence-corrected chi connectivity index (χ0v) is 20.4. The molecule has 36 heavy (non-hydrogen) atoms. The monoisotopic (exact) mass is 526 g/mol. The van der Waals surface area contributed by atoms with Crippen LogP contribution in [0.25, 0.3) is 0 Å². The van der Waals surface area contributed by atoms with Gasteiger partial charge in [0.15, 0.2) is 23.7 Å². The van der Waals surface area contributed by atoms with Gasteiger partial charge in [0.05, 0.1) is 0 Å². The number of carbonyl (C=O) groups excluding carboxylic acids is 1. The van der Waals surface area contributed by atoms with Gasteiger partial charge in [0.25, 0.3) is 5.56 Å². The number of para-hydroxylation sites is 1. The van der Waals surface area contributed by atoms with Gasteiger partial charge in [-0.2, -0.15) is 0 Å². The molecular formula is C22H26FN3O9P+. The Morgan fingerprint density at radius 3 is 2.67 bits per heavy atom. The van der Waals surface area contributed by atoms with Gasteiger partial charge in [-0.3, -0.25) is 19.1 Å². The Labute approximate surface area is 205 Å². The predicted molar refractivity (Wildman–Crippen MR) is 122 cm³/mol. The number of aromatic amines is 1. The molecule has 12 nitrogen and oxygen atoms in total. The molecule has 1 aliphatic heterocycles. The van der Waals surface area contributed by atoms with Gasteiger partial charge < -0.3 is 19.4 Å². The third-order valence-corrected chi connectivity index (χ3v) is 6.87. The summed E-state index contributed by atoms with van der Waals surface area (Å²) in [6.07, 6.45) is -2.34. The van der Waals surface area contributed by atoms with E-state index < -0.39 is 62.2 Å². The van der Waals surface area contributed by atoms with E-state index in [1.54, 1.807) is 30.3 Å². The molecule has 1 aliphatic carbocycles. The molecule has 1 saturated heterocycles. The van der Waals surface area contributed by atoms with Crippen molar-refractivity contribution >= 4 is 14.1 Å². The quantitative estimate of drug-likeness (QED) is 0.265. The fourth-order valence-electron chi connectivity index (χ4n) is 3.54. The van der Waals surface area contributed by atoms with Crippen LogP contribution < -0.4 is 16.1 Å². The molecule has 0 radical (unpaired) electrons. The Hall–Kier alpha value is -2.96. The first-order chi connectivity index (χ1) is 17.1. The topological polar surface area (TPSA) is 149 Å². The summed E-state index contributed by atoms with van der Waals surface area (Å²) in [5.41, 5.74) is -4.06. The fourth-order valence-corrected chi connectivity index (χ4v) is 4.46. The van der Waals surface area contributed by atoms with Gasteiger partial charge in [0.2, 0.25) is 0 Å². The van der Waals surface area contributed by atoms with E-state index in [0.29, 0.717) is 0 Å². The maximum Gasteiger partial charge on any atom is 0.653 e. The summed E-state index contributed by atoms with van der Waals surface area (Å²) in [4.78, 5) is 44.4. The highest BCUT2D eigenvalue weighted by atomic mass is 31.1. The van der Waals surface area contributed by atoms with Crippen molar-refractivity contribution in [1.82, 2.24) is 14.4 Å². The number of esters is 1. The summed E-state index contributed by atoms with van der Waals surface area (Å²) in [6, 6.07) is 8.16. The minimum absolute atomic E-state index is 0.185. The van der Waals surface area contributed by atoms with E-state index in [-0.39, 0.29) is 11.9 Å². The minimum atomic E-state index is -2.86. The molecule has 194 valence electrons. The molecule has 1 saturated carbocycles. The Balaban J connectivity index is 1.46. The Bertz CT molecular complexity index is 1220. The summed E-state index contributed by atoms with van der Waals surface area (Å²) in [6.45, 7) is 1.90. The van der Waals surface area contributed by atoms with Crippen LogP contribution in [0.5, 0.6) is 5.75 Å². The lowest BCUT2D eigenvalue weighted by Crippen LogP contribution is -2.43. The van der Waals surface area contributed by atoms with Gasteiger partial charge in [0.1, 0.15) is 29.8 Å². The molecule has 0 amide bonds. The van der Waals surface area contributed by atoms with E-state index in [2.05, 4.69) is 0 Å². The summed E-state index contributed by atoms with van der Waals surface area (Å²) >= 11 is 0. The molecule has 2 heterocycles. The molecule has 2 aliphatic rings. The van der Waals surface area contributed by atoms with Gasteiger partial charge in [-0.15, -0.1) is 4.52 Å². The zero-order valence-electron chi connectivity index (χ0n) is 19.5. The molecular weight excluding hydrogens is 500 g/mol. The predicted octanol–water partition coefficient (Wildman–Crippen LogP) is 1.59. The van der Waals surface area contributed by atoms with Crippen molar-refractivity contribution < 1.29 is 37.7 Å². The average molecular weight is 526 g/mol. The van der Waals surface area contributed by atoms with Gasteiger partial charge in [0, 0.05) is 12.3 Å². The maximum absolute atomic E-state index is 15.4. The summed E-state index contributed by atoms with van der Waals surface area (Å²) < 4.78 is 45.4. The van der Waals surface area contributed by atoms with Crippen molar-refractivity contribution in [3.05, 3.63) is 63.4 Å². The standard InChI is InChI=1S/C22H25FN3O9P/c1-13(19(29)33-14-8-9-14)26(35-15-6-4-3-5-7-15)36(31)32-12-16-18(28)22(2,23)20(34-16)25-11-10-17(27)24-21(25)30/h3-7,10-11,13-14,16,18,20,28H,8-9,12H2,1-2H3/p+1/t13?,16-,18-,20-,22-/m1/s1. The number of carbonyl (C=O) groups is 1. The number of hydroxylamine groups is 1. The van der Waals surface area contributed by atoms with Crippen LogP contribution >= 0.6 is 8.18 Å². The van der Waals surface area contributed by atoms with Crippen molar-refractivity contribution in [3.8, 4) is 5.75 Å². The molecule has 2 unspecified atom stereocenters. The average Bonchev–Trinajstić information content (AvgIpc) is 3.63. The van der Waals surface area contributed by atoms with E-state index in [0.717, 1.165) is 41.4 Å². The first-order valence-electron chi connectivity index (χ1n) is 11.2. The van der Waals surface area contributed by atoms with Crippen LogP contribution in [0.3, 0.4) is 0 Å². The Kier molecular flexibility index (Phi) is 7.67. The number of aliphatic hydroxyl groups excluding tert-OH is 1. The number of hydrogen-bond donors (Lipinski definition) is 2. The molecule has 2 fully saturated rings. The number of aliphatic hydroxyl groups is 1. The zero-order chi connectivity index (χ0) is 26.0. The van der Waals surface area contributed by atoms with Gasteiger partial charge in [-0.05, 0) is 43.4 Å². The number of rotatable bonds is 10. The fraction of sp³-hybridized carbons (Fsp3) is 0.500. The molecule has 1 aromatic carbocycles. The van der Waals surface area contributed by atoms with Crippen molar-refractivity contribution in [1.29, 1.82) is 0 Å². The van der Waals surface area contributed by atoms with Crippen molar-refractivity contribution in [2.24, 2.45) is 0 Å². The minimum Gasteiger partial charge on any atom is -0.461 e. The molecule has 0 spiro atoms. The summed E-state index contributed by atoms with van der Waals surface area (Å²) in [5, 5.41) is 10.5. The smallest absolute Gasteiger partial charge is 0.461 e. The highest BCUT2D eigenvalue weighted by molar-refractivity contribution is 7.36. The number of alkyl halides is 1. The molecule has 6 atom stereocenters. The Morgan fingerprint density at radius 2 is 2.03 bits per heavy atom. The molecule has 0 bridgehead atoms. The second-order valence-electron chi connectivity index (χ2n) is 8.69. The van der Waals surface area contributed by atoms with E-state index >= 15 is 4.39 Å². The first-order valence-corrected chi connectivity index (χ1v) is 12.4. The van der Waals surface area contributed by atoms with E-state index in [9.17, 15) is 24.1 Å². The van der Waals surface area contributed by atoms with Crippen LogP contribution in [-0.2, 0) is 23.4 Å². The highest BCUT2D eigenvalue weighted by Gasteiger charge is 2.56. The van der Waals surface area contributed by atoms with E-state index in [1.807, 2.05) is 4.98 Å². The van der Waals surface area contributed by atoms with Gasteiger partial charge in [-0.1, -0.05) is 18.2 Å². The number of nitrogens with one attached hydrogen (secondary N) is 1. The largest absolute Gasteiger partial charge is 0.653 e. The van der Waals surface area contributed by atoms with E-state index in [4.69, 9.17) is 18.8 Å². The molecule has 2 aromatic rings. The highest BCUT2D eigenvalue weighted by Crippen LogP contribution is 2.42. The number of benzene rings is 1. The molecule has 2 N–H and O–H groups in total. The van der Waals surface area contributed by atoms with Crippen molar-refractivity contribution in [2.75, 3.05) is 6.61 Å². The summed E-state index contributed by atoms with van der Waals surface area (Å²) in [5.74, 6) is -0.382. The number of halogens is 1. The Morgan fingerprint density at radius 1 is 1.33 bits per heavy atom. The number of aromatic nitrogens is 2. The normalized spacial score (nSPS) is 27.0. The van der Waals surface area contributed by atoms with Crippen LogP contribution in [0.4, 0.5) is 4.39 Å². The SMILES string of the molecule is CC(C(=O)OC1CC1)N(Oc1ccccc1)[P+](=O)OC[C@H]1O[C@@H](n2ccc(=O)[nH]c2=O)[C@](C)(F)[C@@H]1O. The lowest BCUT2D eigenvalue weighted by atomic mass is 9.98. The number of hydrogen-bond acceptors (Lipinski definition) is 9. The number of nitrogens with zero attached hydrogens (tertiary/aromatic N) is 2. The lowest BCUT2D eigenvalue weighted by Gasteiger charge is -2.24. The lowest BCUT2D eigenvalue weighted by molar-refractivity contribution is -0.156. The van der Waals surface area contributed by atoms with Crippen LogP contribution in [-0.4, -0.2) is 62.1 Å². The van der Waals surface area contributed by atoms with Crippen LogP contribution in [0.15, 0.2) is 52.2 Å². The van der Waals surface area contributed by atoms with Crippen molar-refractivity contribution in [3.63, 3.8) is 0 Å². The second kappa shape index (κ2) is 10.6. The second-order valence-corrected chi connectivity index (χ2v) is 9.82. The van der Waals surface area contributed by atoms with E-state index in [1.165, 1.54) is 6.92 Å². The van der Waals surface area contributed by atoms with Gasteiger partial charge in [-0.25, -0.2) is 9.18 Å². The number of ether oxygens (including phenoxy) is 2. The third-order valence-electron chi connectivity index (χ3n) is 5.75. The number of H-pyrrole nitrogens is 1.